The summed E-state index contributed by atoms with van der Waals surface area (Å²) in [5.74, 6) is 0. The summed E-state index contributed by atoms with van der Waals surface area (Å²) in [7, 11) is 0. The summed E-state index contributed by atoms with van der Waals surface area (Å²) in [6.07, 6.45) is 0.975. The van der Waals surface area contributed by atoms with E-state index in [9.17, 15) is 4.39 Å². The van der Waals surface area contributed by atoms with Crippen molar-refractivity contribution < 1.29 is 4.39 Å². The SMILES string of the molecule is FC1CCC(I)CN1. The molecule has 0 aromatic carbocycles. The highest BCUT2D eigenvalue weighted by Crippen LogP contribution is 2.15. The van der Waals surface area contributed by atoms with Crippen LogP contribution in [0.25, 0.3) is 0 Å². The molecule has 1 nitrogen and oxygen atoms in total. The Balaban J connectivity index is 2.19. The zero-order valence-corrected chi connectivity index (χ0v) is 6.69. The van der Waals surface area contributed by atoms with Gasteiger partial charge in [0.2, 0.25) is 0 Å². The molecule has 0 aliphatic carbocycles. The van der Waals surface area contributed by atoms with Crippen molar-refractivity contribution in [2.24, 2.45) is 0 Å². The summed E-state index contributed by atoms with van der Waals surface area (Å²) in [5.41, 5.74) is 0. The minimum absolute atomic E-state index is 0.639. The summed E-state index contributed by atoms with van der Waals surface area (Å²) < 4.78 is 12.9. The van der Waals surface area contributed by atoms with E-state index in [-0.39, 0.29) is 0 Å². The minimum Gasteiger partial charge on any atom is -0.287 e. The molecule has 2 unspecified atom stereocenters. The van der Waals surface area contributed by atoms with Gasteiger partial charge in [0.05, 0.1) is 0 Å². The average molecular weight is 229 g/mol. The second-order valence-corrected chi connectivity index (χ2v) is 3.81. The maximum Gasteiger partial charge on any atom is 0.151 e. The number of nitrogens with one attached hydrogen (secondary N) is 1. The Kier molecular flexibility index (Phi) is 2.49. The highest BCUT2D eigenvalue weighted by atomic mass is 127. The average Bonchev–Trinajstić information content (AvgIpc) is 1.77. The Hall–Kier alpha value is 0.620. The van der Waals surface area contributed by atoms with Crippen LogP contribution in [0.5, 0.6) is 0 Å². The molecular formula is C5H9FIN. The molecule has 0 spiro atoms. The largest absolute Gasteiger partial charge is 0.287 e. The maximum absolute atomic E-state index is 12.2. The molecule has 0 aromatic heterocycles. The van der Waals surface area contributed by atoms with Crippen molar-refractivity contribution in [3.05, 3.63) is 0 Å². The van der Waals surface area contributed by atoms with E-state index in [2.05, 4.69) is 27.9 Å². The summed E-state index contributed by atoms with van der Waals surface area (Å²) >= 11 is 2.34. The summed E-state index contributed by atoms with van der Waals surface area (Å²) in [6.45, 7) is 0.835. The van der Waals surface area contributed by atoms with E-state index in [1.165, 1.54) is 0 Å². The van der Waals surface area contributed by atoms with Crippen LogP contribution in [0.2, 0.25) is 0 Å². The highest BCUT2D eigenvalue weighted by Gasteiger charge is 2.16. The van der Waals surface area contributed by atoms with Crippen LogP contribution >= 0.6 is 22.6 Å². The van der Waals surface area contributed by atoms with Crippen molar-refractivity contribution in [1.29, 1.82) is 0 Å². The molecule has 8 heavy (non-hydrogen) atoms. The number of hydrogen-bond acceptors (Lipinski definition) is 1. The fraction of sp³-hybridized carbons (Fsp3) is 1.00. The van der Waals surface area contributed by atoms with Crippen molar-refractivity contribution in [3.63, 3.8) is 0 Å². The van der Waals surface area contributed by atoms with E-state index in [0.29, 0.717) is 10.3 Å². The van der Waals surface area contributed by atoms with Crippen molar-refractivity contribution in [3.8, 4) is 0 Å². The Bertz CT molecular complexity index is 60.8. The number of halogens is 2. The van der Waals surface area contributed by atoms with Gasteiger partial charge in [0.1, 0.15) is 0 Å². The van der Waals surface area contributed by atoms with Gasteiger partial charge >= 0.3 is 0 Å². The minimum atomic E-state index is -0.735. The fourth-order valence-electron chi connectivity index (χ4n) is 0.787. The van der Waals surface area contributed by atoms with Gasteiger partial charge in [-0.1, -0.05) is 22.6 Å². The third kappa shape index (κ3) is 1.85. The monoisotopic (exact) mass is 229 g/mol. The van der Waals surface area contributed by atoms with Gasteiger partial charge in [-0.25, -0.2) is 4.39 Å². The molecule has 48 valence electrons. The molecule has 1 heterocycles. The molecule has 1 fully saturated rings. The molecule has 1 N–H and O–H groups in total. The Morgan fingerprint density at radius 3 is 2.62 bits per heavy atom. The van der Waals surface area contributed by atoms with Gasteiger partial charge in [-0.3, -0.25) is 5.32 Å². The lowest BCUT2D eigenvalue weighted by molar-refractivity contribution is 0.229. The van der Waals surface area contributed by atoms with Crippen LogP contribution in [0.3, 0.4) is 0 Å². The Morgan fingerprint density at radius 1 is 1.50 bits per heavy atom. The van der Waals surface area contributed by atoms with Crippen LogP contribution in [0.1, 0.15) is 12.8 Å². The van der Waals surface area contributed by atoms with Gasteiger partial charge in [0, 0.05) is 10.5 Å². The number of rotatable bonds is 0. The fourth-order valence-corrected chi connectivity index (χ4v) is 1.40. The molecule has 0 amide bonds. The predicted octanol–water partition coefficient (Wildman–Crippen LogP) is 1.47. The van der Waals surface area contributed by atoms with Crippen LogP contribution < -0.4 is 5.32 Å². The molecule has 0 bridgehead atoms. The zero-order chi connectivity index (χ0) is 5.98. The third-order valence-electron chi connectivity index (χ3n) is 1.29. The molecule has 0 radical (unpaired) electrons. The first kappa shape index (κ1) is 6.74. The lowest BCUT2D eigenvalue weighted by Gasteiger charge is -2.20. The van der Waals surface area contributed by atoms with Crippen LogP contribution in [0.4, 0.5) is 4.39 Å². The molecular weight excluding hydrogens is 220 g/mol. The number of piperidine rings is 1. The van der Waals surface area contributed by atoms with Gasteiger partial charge < -0.3 is 0 Å². The quantitative estimate of drug-likeness (QED) is 0.376. The standard InChI is InChI=1S/C5H9FIN/c6-5-2-1-4(7)3-8-5/h4-5,8H,1-3H2. The van der Waals surface area contributed by atoms with E-state index >= 15 is 0 Å². The number of hydrogen-bond donors (Lipinski definition) is 1. The van der Waals surface area contributed by atoms with Gasteiger partial charge in [-0.2, -0.15) is 0 Å². The van der Waals surface area contributed by atoms with Crippen LogP contribution in [-0.2, 0) is 0 Å². The van der Waals surface area contributed by atoms with Gasteiger partial charge in [-0.15, -0.1) is 0 Å². The normalized spacial score (nSPS) is 39.8. The molecule has 1 aliphatic heterocycles. The lowest BCUT2D eigenvalue weighted by atomic mass is 10.2. The smallest absolute Gasteiger partial charge is 0.151 e. The van der Waals surface area contributed by atoms with Gasteiger partial charge in [0.25, 0.3) is 0 Å². The Labute approximate surface area is 62.2 Å². The third-order valence-corrected chi connectivity index (χ3v) is 2.36. The molecule has 1 saturated heterocycles. The van der Waals surface area contributed by atoms with E-state index in [1.54, 1.807) is 0 Å². The van der Waals surface area contributed by atoms with Crippen LogP contribution in [0, 0.1) is 0 Å². The molecule has 1 aliphatic rings. The molecule has 2 atom stereocenters. The first-order valence-corrected chi connectivity index (χ1v) is 4.05. The molecule has 1 rings (SSSR count). The van der Waals surface area contributed by atoms with Gasteiger partial charge in [0.15, 0.2) is 6.30 Å². The van der Waals surface area contributed by atoms with E-state index < -0.39 is 6.30 Å². The van der Waals surface area contributed by atoms with Crippen molar-refractivity contribution in [1.82, 2.24) is 5.32 Å². The van der Waals surface area contributed by atoms with Crippen LogP contribution in [-0.4, -0.2) is 16.8 Å². The molecule has 0 aromatic rings. The zero-order valence-electron chi connectivity index (χ0n) is 4.53. The Morgan fingerprint density at radius 2 is 2.25 bits per heavy atom. The summed E-state index contributed by atoms with van der Waals surface area (Å²) in [6, 6.07) is 0. The number of alkyl halides is 2. The summed E-state index contributed by atoms with van der Waals surface area (Å²) in [5, 5.41) is 2.76. The summed E-state index contributed by atoms with van der Waals surface area (Å²) in [4.78, 5) is 0. The van der Waals surface area contributed by atoms with E-state index in [4.69, 9.17) is 0 Å². The first-order valence-electron chi connectivity index (χ1n) is 2.80. The lowest BCUT2D eigenvalue weighted by Crippen LogP contribution is -2.36. The van der Waals surface area contributed by atoms with Crippen molar-refractivity contribution >= 4 is 22.6 Å². The highest BCUT2D eigenvalue weighted by molar-refractivity contribution is 14.1. The predicted molar refractivity (Wildman–Crippen MR) is 39.9 cm³/mol. The van der Waals surface area contributed by atoms with Crippen LogP contribution in [0.15, 0.2) is 0 Å². The first-order chi connectivity index (χ1) is 3.79. The van der Waals surface area contributed by atoms with E-state index in [0.717, 1.165) is 13.0 Å². The molecule has 0 saturated carbocycles. The van der Waals surface area contributed by atoms with Crippen molar-refractivity contribution in [2.75, 3.05) is 6.54 Å². The topological polar surface area (TPSA) is 12.0 Å². The second kappa shape index (κ2) is 2.96. The van der Waals surface area contributed by atoms with Gasteiger partial charge in [-0.05, 0) is 12.8 Å². The molecule has 3 heteroatoms. The second-order valence-electron chi connectivity index (χ2n) is 2.05. The maximum atomic E-state index is 12.2. The van der Waals surface area contributed by atoms with Crippen molar-refractivity contribution in [2.45, 2.75) is 23.1 Å². The van der Waals surface area contributed by atoms with E-state index in [1.807, 2.05) is 0 Å².